The van der Waals surface area contributed by atoms with E-state index in [9.17, 15) is 23.3 Å². The van der Waals surface area contributed by atoms with Crippen LogP contribution in [0.25, 0.3) is 0 Å². The number of nitrogens with zero attached hydrogens (tertiary/aromatic N) is 2. The maximum atomic E-state index is 12.5. The zero-order chi connectivity index (χ0) is 21.2. The zero-order valence-electron chi connectivity index (χ0n) is 15.7. The van der Waals surface area contributed by atoms with Crippen LogP contribution < -0.4 is 9.62 Å². The van der Waals surface area contributed by atoms with Gasteiger partial charge in [0.1, 0.15) is 5.02 Å². The van der Waals surface area contributed by atoms with Gasteiger partial charge in [0.15, 0.2) is 0 Å². The van der Waals surface area contributed by atoms with Gasteiger partial charge in [0.05, 0.1) is 16.4 Å². The van der Waals surface area contributed by atoms with Crippen molar-refractivity contribution in [3.8, 4) is 0 Å². The van der Waals surface area contributed by atoms with Gasteiger partial charge in [-0.1, -0.05) is 18.5 Å². The van der Waals surface area contributed by atoms with Gasteiger partial charge >= 0.3 is 0 Å². The number of sulfonamides is 1. The molecule has 0 aliphatic carbocycles. The van der Waals surface area contributed by atoms with Crippen LogP contribution in [0, 0.1) is 10.1 Å². The molecule has 29 heavy (non-hydrogen) atoms. The molecule has 1 aliphatic heterocycles. The molecule has 0 saturated carbocycles. The van der Waals surface area contributed by atoms with Crippen LogP contribution in [0.1, 0.15) is 35.7 Å². The molecule has 0 aromatic heterocycles. The number of rotatable bonds is 6. The monoisotopic (exact) mass is 437 g/mol. The van der Waals surface area contributed by atoms with Crippen molar-refractivity contribution in [1.29, 1.82) is 0 Å². The van der Waals surface area contributed by atoms with Crippen LogP contribution in [-0.4, -0.2) is 31.5 Å². The topological polar surface area (TPSA) is 110 Å². The van der Waals surface area contributed by atoms with Gasteiger partial charge in [-0.3, -0.25) is 19.2 Å². The van der Waals surface area contributed by atoms with E-state index in [-0.39, 0.29) is 22.0 Å². The van der Waals surface area contributed by atoms with E-state index in [4.69, 9.17) is 11.6 Å². The van der Waals surface area contributed by atoms with Crippen molar-refractivity contribution in [3.63, 3.8) is 0 Å². The van der Waals surface area contributed by atoms with Crippen molar-refractivity contribution in [3.05, 3.63) is 62.7 Å². The highest BCUT2D eigenvalue weighted by molar-refractivity contribution is 7.92. The van der Waals surface area contributed by atoms with E-state index in [0.717, 1.165) is 11.6 Å². The molecule has 0 saturated heterocycles. The minimum atomic E-state index is -3.37. The number of nitrogens with one attached hydrogen (secondary N) is 1. The van der Waals surface area contributed by atoms with Gasteiger partial charge < -0.3 is 5.32 Å². The number of aryl methyl sites for hydroxylation is 1. The summed E-state index contributed by atoms with van der Waals surface area (Å²) in [5, 5.41) is 13.7. The summed E-state index contributed by atoms with van der Waals surface area (Å²) in [5.74, 6) is -0.434. The van der Waals surface area contributed by atoms with Crippen LogP contribution in [0.4, 0.5) is 17.1 Å². The summed E-state index contributed by atoms with van der Waals surface area (Å²) in [6.07, 6.45) is 1.93. The van der Waals surface area contributed by atoms with Crippen molar-refractivity contribution in [2.24, 2.45) is 0 Å². The Balaban J connectivity index is 1.84. The summed E-state index contributed by atoms with van der Waals surface area (Å²) in [7, 11) is -3.37. The summed E-state index contributed by atoms with van der Waals surface area (Å²) in [6.45, 7) is 2.26. The van der Waals surface area contributed by atoms with E-state index in [1.54, 1.807) is 18.2 Å². The van der Waals surface area contributed by atoms with Crippen LogP contribution >= 0.6 is 11.6 Å². The molecular weight excluding hydrogens is 418 g/mol. The second kappa shape index (κ2) is 8.38. The molecule has 1 heterocycles. The lowest BCUT2D eigenvalue weighted by molar-refractivity contribution is -0.384. The smallest absolute Gasteiger partial charge is 0.288 e. The van der Waals surface area contributed by atoms with Gasteiger partial charge in [-0.2, -0.15) is 0 Å². The number of carbonyl (C=O) groups is 1. The third-order valence-electron chi connectivity index (χ3n) is 4.62. The van der Waals surface area contributed by atoms with Crippen LogP contribution in [0.3, 0.4) is 0 Å². The predicted octanol–water partition coefficient (Wildman–Crippen LogP) is 3.99. The average Bonchev–Trinajstić information content (AvgIpc) is 2.67. The zero-order valence-corrected chi connectivity index (χ0v) is 17.3. The lowest BCUT2D eigenvalue weighted by Crippen LogP contribution is -2.37. The van der Waals surface area contributed by atoms with Crippen LogP contribution in [0.5, 0.6) is 0 Å². The number of benzene rings is 2. The number of anilines is 2. The largest absolute Gasteiger partial charge is 0.322 e. The first-order valence-corrected chi connectivity index (χ1v) is 11.1. The Kier molecular flexibility index (Phi) is 6.09. The molecule has 1 aliphatic rings. The minimum absolute atomic E-state index is 0.0475. The quantitative estimate of drug-likeness (QED) is 0.542. The molecule has 10 heteroatoms. The third-order valence-corrected chi connectivity index (χ3v) is 6.91. The van der Waals surface area contributed by atoms with E-state index >= 15 is 0 Å². The van der Waals surface area contributed by atoms with E-state index in [0.29, 0.717) is 37.2 Å². The Hall–Kier alpha value is -2.65. The van der Waals surface area contributed by atoms with Crippen molar-refractivity contribution in [1.82, 2.24) is 0 Å². The van der Waals surface area contributed by atoms with Crippen molar-refractivity contribution >= 4 is 44.6 Å². The fourth-order valence-electron chi connectivity index (χ4n) is 3.29. The van der Waals surface area contributed by atoms with E-state index in [1.807, 2.05) is 6.92 Å². The highest BCUT2D eigenvalue weighted by Crippen LogP contribution is 2.32. The summed E-state index contributed by atoms with van der Waals surface area (Å²) in [4.78, 5) is 22.9. The molecule has 1 N–H and O–H groups in total. The minimum Gasteiger partial charge on any atom is -0.322 e. The molecule has 3 rings (SSSR count). The lowest BCUT2D eigenvalue weighted by Gasteiger charge is -2.30. The van der Waals surface area contributed by atoms with E-state index < -0.39 is 20.9 Å². The number of amides is 1. The molecule has 154 valence electrons. The third kappa shape index (κ3) is 4.51. The molecule has 8 nitrogen and oxygen atoms in total. The number of nitro groups is 1. The van der Waals surface area contributed by atoms with Gasteiger partial charge in [-0.05, 0) is 55.2 Å². The fraction of sp³-hybridized carbons (Fsp3) is 0.316. The van der Waals surface area contributed by atoms with Gasteiger partial charge in [0.2, 0.25) is 10.0 Å². The summed E-state index contributed by atoms with van der Waals surface area (Å²) < 4.78 is 26.4. The molecule has 0 spiro atoms. The maximum Gasteiger partial charge on any atom is 0.288 e. The predicted molar refractivity (Wildman–Crippen MR) is 112 cm³/mol. The number of carbonyl (C=O) groups excluding carboxylic acids is 1. The molecule has 0 bridgehead atoms. The molecule has 0 radical (unpaired) electrons. The van der Waals surface area contributed by atoms with Crippen molar-refractivity contribution in [2.75, 3.05) is 21.9 Å². The highest BCUT2D eigenvalue weighted by atomic mass is 35.5. The molecule has 0 fully saturated rings. The molecule has 2 aromatic rings. The summed E-state index contributed by atoms with van der Waals surface area (Å²) >= 11 is 5.78. The van der Waals surface area contributed by atoms with E-state index in [2.05, 4.69) is 5.32 Å². The summed E-state index contributed by atoms with van der Waals surface area (Å²) in [6, 6.07) is 8.88. The number of halogens is 1. The lowest BCUT2D eigenvalue weighted by atomic mass is 10.0. The molecule has 2 aromatic carbocycles. The number of nitro benzene ring substituents is 1. The number of hydrogen-bond donors (Lipinski definition) is 1. The number of fused-ring (bicyclic) bond motifs is 1. The molecule has 1 amide bonds. The average molecular weight is 438 g/mol. The first-order chi connectivity index (χ1) is 13.7. The molecule has 0 unspecified atom stereocenters. The SMILES string of the molecule is CCCS(=O)(=O)N1CCCc2cc(NC(=O)c3ccc(Cl)c([N+](=O)[O-])c3)ccc21. The molecule has 0 atom stereocenters. The van der Waals surface area contributed by atoms with Crippen LogP contribution in [0.15, 0.2) is 36.4 Å². The van der Waals surface area contributed by atoms with Gasteiger partial charge in [0.25, 0.3) is 11.6 Å². The standard InChI is InChI=1S/C19H20ClN3O5S/c1-2-10-29(27,28)22-9-3-4-13-11-15(6-8-17(13)22)21-19(24)14-5-7-16(20)18(12-14)23(25)26/h5-8,11-12H,2-4,9-10H2,1H3,(H,21,24). The van der Waals surface area contributed by atoms with Crippen molar-refractivity contribution < 1.29 is 18.1 Å². The first kappa shape index (κ1) is 21.1. The highest BCUT2D eigenvalue weighted by Gasteiger charge is 2.27. The Morgan fingerprint density at radius 1 is 1.28 bits per heavy atom. The Bertz CT molecular complexity index is 1070. The van der Waals surface area contributed by atoms with Crippen molar-refractivity contribution in [2.45, 2.75) is 26.2 Å². The maximum absolute atomic E-state index is 12.5. The van der Waals surface area contributed by atoms with E-state index in [1.165, 1.54) is 16.4 Å². The van der Waals surface area contributed by atoms with Gasteiger partial charge in [-0.25, -0.2) is 8.42 Å². The second-order valence-electron chi connectivity index (χ2n) is 6.71. The number of hydrogen-bond acceptors (Lipinski definition) is 5. The second-order valence-corrected chi connectivity index (χ2v) is 9.13. The Morgan fingerprint density at radius 2 is 2.03 bits per heavy atom. The summed E-state index contributed by atoms with van der Waals surface area (Å²) in [5.41, 5.74) is 1.70. The Labute approximate surface area is 173 Å². The molecular formula is C19H20ClN3O5S. The Morgan fingerprint density at radius 3 is 2.72 bits per heavy atom. The van der Waals surface area contributed by atoms with Gasteiger partial charge in [0, 0.05) is 23.9 Å². The van der Waals surface area contributed by atoms with Crippen LogP contribution in [0.2, 0.25) is 5.02 Å². The first-order valence-electron chi connectivity index (χ1n) is 9.11. The van der Waals surface area contributed by atoms with Gasteiger partial charge in [-0.15, -0.1) is 0 Å². The van der Waals surface area contributed by atoms with Crippen LogP contribution in [-0.2, 0) is 16.4 Å². The normalized spacial score (nSPS) is 13.7. The fourth-order valence-corrected chi connectivity index (χ4v) is 5.10.